The smallest absolute Gasteiger partial charge is 0.296 e. The van der Waals surface area contributed by atoms with Crippen LogP contribution in [0.25, 0.3) is 0 Å². The van der Waals surface area contributed by atoms with E-state index in [0.717, 1.165) is 28.0 Å². The van der Waals surface area contributed by atoms with E-state index in [1.54, 1.807) is 0 Å². The van der Waals surface area contributed by atoms with Gasteiger partial charge in [0.2, 0.25) is 0 Å². The van der Waals surface area contributed by atoms with Gasteiger partial charge < -0.3 is 5.11 Å². The molecule has 0 aromatic rings. The highest BCUT2D eigenvalue weighted by atomic mass is 16.3. The Morgan fingerprint density at radius 1 is 1.11 bits per heavy atom. The van der Waals surface area contributed by atoms with Crippen molar-refractivity contribution in [2.24, 2.45) is 0 Å². The highest BCUT2D eigenvalue weighted by Crippen LogP contribution is 2.16. The number of carbonyl (C=O) groups is 4. The highest BCUT2D eigenvalue weighted by Gasteiger charge is 2.37. The number of hydrogen-bond acceptors (Lipinski definition) is 5. The van der Waals surface area contributed by atoms with E-state index in [1.807, 2.05) is 0 Å². The van der Waals surface area contributed by atoms with Crippen LogP contribution in [0.5, 0.6) is 0 Å². The molecule has 0 radical (unpaired) electrons. The van der Waals surface area contributed by atoms with Crippen LogP contribution in [0.4, 0.5) is 0 Å². The lowest BCUT2D eigenvalue weighted by Crippen LogP contribution is -2.47. The Hall–Kier alpha value is -2.44. The second kappa shape index (κ2) is 4.10. The molecule has 0 saturated heterocycles. The maximum absolute atomic E-state index is 11.5. The SMILES string of the molecule is CC(CN1C(=O)C=CC1=O)N1C(=O)C=C(O)C1=O. The van der Waals surface area contributed by atoms with E-state index >= 15 is 0 Å². The second-order valence-corrected chi connectivity index (χ2v) is 4.01. The van der Waals surface area contributed by atoms with Gasteiger partial charge in [0.1, 0.15) is 0 Å². The Balaban J connectivity index is 2.08. The van der Waals surface area contributed by atoms with E-state index in [0.29, 0.717) is 0 Å². The molecule has 2 aliphatic rings. The van der Waals surface area contributed by atoms with Gasteiger partial charge in [0.25, 0.3) is 23.6 Å². The zero-order valence-electron chi connectivity index (χ0n) is 9.49. The van der Waals surface area contributed by atoms with Crippen molar-refractivity contribution in [2.45, 2.75) is 13.0 Å². The molecule has 94 valence electrons. The summed E-state index contributed by atoms with van der Waals surface area (Å²) in [5.41, 5.74) is 0. The third-order valence-corrected chi connectivity index (χ3v) is 2.72. The van der Waals surface area contributed by atoms with E-state index in [-0.39, 0.29) is 6.54 Å². The Morgan fingerprint density at radius 3 is 2.11 bits per heavy atom. The van der Waals surface area contributed by atoms with E-state index in [4.69, 9.17) is 5.11 Å². The zero-order chi connectivity index (χ0) is 13.4. The van der Waals surface area contributed by atoms with Crippen LogP contribution in [-0.2, 0) is 19.2 Å². The van der Waals surface area contributed by atoms with Crippen molar-refractivity contribution in [1.29, 1.82) is 0 Å². The van der Waals surface area contributed by atoms with Gasteiger partial charge in [0, 0.05) is 12.2 Å². The van der Waals surface area contributed by atoms with E-state index < -0.39 is 35.4 Å². The summed E-state index contributed by atoms with van der Waals surface area (Å²) in [5, 5.41) is 9.14. The lowest BCUT2D eigenvalue weighted by atomic mass is 10.2. The van der Waals surface area contributed by atoms with Gasteiger partial charge in [-0.05, 0) is 6.92 Å². The Morgan fingerprint density at radius 2 is 1.67 bits per heavy atom. The fourth-order valence-corrected chi connectivity index (χ4v) is 1.85. The van der Waals surface area contributed by atoms with Crippen LogP contribution in [0.3, 0.4) is 0 Å². The van der Waals surface area contributed by atoms with Crippen LogP contribution in [0.1, 0.15) is 6.92 Å². The quantitative estimate of drug-likeness (QED) is 0.656. The van der Waals surface area contributed by atoms with Crippen LogP contribution in [-0.4, -0.2) is 51.1 Å². The van der Waals surface area contributed by atoms with Crippen molar-refractivity contribution in [2.75, 3.05) is 6.54 Å². The van der Waals surface area contributed by atoms with Crippen molar-refractivity contribution < 1.29 is 24.3 Å². The lowest BCUT2D eigenvalue weighted by Gasteiger charge is -2.25. The molecule has 0 bridgehead atoms. The summed E-state index contributed by atoms with van der Waals surface area (Å²) in [4.78, 5) is 47.3. The van der Waals surface area contributed by atoms with Crippen molar-refractivity contribution in [3.63, 3.8) is 0 Å². The molecule has 2 heterocycles. The van der Waals surface area contributed by atoms with Crippen molar-refractivity contribution in [3.05, 3.63) is 24.0 Å². The largest absolute Gasteiger partial charge is 0.503 e. The summed E-state index contributed by atoms with van der Waals surface area (Å²) in [7, 11) is 0. The molecule has 2 rings (SSSR count). The van der Waals surface area contributed by atoms with Crippen LogP contribution >= 0.6 is 0 Å². The van der Waals surface area contributed by atoms with E-state index in [2.05, 4.69) is 0 Å². The van der Waals surface area contributed by atoms with Gasteiger partial charge in [-0.2, -0.15) is 0 Å². The minimum Gasteiger partial charge on any atom is -0.503 e. The van der Waals surface area contributed by atoms with Crippen LogP contribution in [0.15, 0.2) is 24.0 Å². The molecular formula is C11H10N2O5. The first-order valence-electron chi connectivity index (χ1n) is 5.23. The normalized spacial score (nSPS) is 21.1. The summed E-state index contributed by atoms with van der Waals surface area (Å²) in [5.74, 6) is -3.08. The Kier molecular flexibility index (Phi) is 2.74. The number of carbonyl (C=O) groups excluding carboxylic acids is 4. The summed E-state index contributed by atoms with van der Waals surface area (Å²) in [6.45, 7) is 1.42. The predicted octanol–water partition coefficient (Wildman–Crippen LogP) is -0.889. The predicted molar refractivity (Wildman–Crippen MR) is 57.9 cm³/mol. The molecule has 7 nitrogen and oxygen atoms in total. The van der Waals surface area contributed by atoms with Crippen LogP contribution < -0.4 is 0 Å². The van der Waals surface area contributed by atoms with Gasteiger partial charge in [-0.15, -0.1) is 0 Å². The minimum absolute atomic E-state index is 0.0940. The maximum atomic E-state index is 11.5. The van der Waals surface area contributed by atoms with Crippen LogP contribution in [0, 0.1) is 0 Å². The molecule has 1 unspecified atom stereocenters. The molecule has 0 aromatic carbocycles. The Labute approximate surface area is 102 Å². The summed E-state index contributed by atoms with van der Waals surface area (Å²) in [6, 6.07) is -0.696. The molecule has 0 saturated carbocycles. The number of hydrogen-bond donors (Lipinski definition) is 1. The first-order valence-corrected chi connectivity index (χ1v) is 5.23. The van der Waals surface area contributed by atoms with Crippen molar-refractivity contribution in [3.8, 4) is 0 Å². The minimum atomic E-state index is -0.820. The molecule has 4 amide bonds. The fraction of sp³-hybridized carbons (Fsp3) is 0.273. The molecule has 1 N–H and O–H groups in total. The van der Waals surface area contributed by atoms with Crippen molar-refractivity contribution >= 4 is 23.6 Å². The third-order valence-electron chi connectivity index (χ3n) is 2.72. The number of nitrogens with zero attached hydrogens (tertiary/aromatic N) is 2. The molecular weight excluding hydrogens is 240 g/mol. The topological polar surface area (TPSA) is 95.0 Å². The lowest BCUT2D eigenvalue weighted by molar-refractivity contribution is -0.145. The number of amides is 4. The molecule has 0 aliphatic carbocycles. The van der Waals surface area contributed by atoms with E-state index in [1.165, 1.54) is 6.92 Å². The first-order chi connectivity index (χ1) is 8.41. The monoisotopic (exact) mass is 250 g/mol. The number of imide groups is 2. The van der Waals surface area contributed by atoms with Gasteiger partial charge in [-0.25, -0.2) is 0 Å². The number of aliphatic hydroxyl groups excluding tert-OH is 1. The zero-order valence-corrected chi connectivity index (χ0v) is 9.49. The molecule has 1 atom stereocenters. The number of rotatable bonds is 3. The Bertz CT molecular complexity index is 502. The van der Waals surface area contributed by atoms with E-state index in [9.17, 15) is 19.2 Å². The first kappa shape index (κ1) is 12.0. The molecule has 0 aromatic heterocycles. The summed E-state index contributed by atoms with van der Waals surface area (Å²) >= 11 is 0. The molecule has 0 fully saturated rings. The molecule has 2 aliphatic heterocycles. The fourth-order valence-electron chi connectivity index (χ4n) is 1.85. The molecule has 7 heteroatoms. The third kappa shape index (κ3) is 1.79. The average Bonchev–Trinajstić information content (AvgIpc) is 2.73. The summed E-state index contributed by atoms with van der Waals surface area (Å²) in [6.07, 6.45) is 3.06. The van der Waals surface area contributed by atoms with Gasteiger partial charge in [-0.3, -0.25) is 29.0 Å². The van der Waals surface area contributed by atoms with Gasteiger partial charge in [-0.1, -0.05) is 0 Å². The summed E-state index contributed by atoms with van der Waals surface area (Å²) < 4.78 is 0. The highest BCUT2D eigenvalue weighted by molar-refractivity contribution is 6.15. The van der Waals surface area contributed by atoms with Gasteiger partial charge in [0.15, 0.2) is 5.76 Å². The molecule has 18 heavy (non-hydrogen) atoms. The maximum Gasteiger partial charge on any atom is 0.296 e. The van der Waals surface area contributed by atoms with Gasteiger partial charge >= 0.3 is 0 Å². The standard InChI is InChI=1S/C11H10N2O5/c1-6(5-12-8(15)2-3-9(12)16)13-10(17)4-7(14)11(13)18/h2-4,6,14H,5H2,1H3. The number of aliphatic hydroxyl groups is 1. The average molecular weight is 250 g/mol. The van der Waals surface area contributed by atoms with Gasteiger partial charge in [0.05, 0.1) is 18.7 Å². The van der Waals surface area contributed by atoms with Crippen LogP contribution in [0.2, 0.25) is 0 Å². The molecule has 0 spiro atoms. The van der Waals surface area contributed by atoms with Crippen molar-refractivity contribution in [1.82, 2.24) is 9.80 Å². The second-order valence-electron chi connectivity index (χ2n) is 4.01.